The molecule has 0 spiro atoms. The summed E-state index contributed by atoms with van der Waals surface area (Å²) in [5.41, 5.74) is 6.52. The van der Waals surface area contributed by atoms with Gasteiger partial charge in [-0.3, -0.25) is 0 Å². The largest absolute Gasteiger partial charge is 0.444 e. The monoisotopic (exact) mass is 310 g/mol. The van der Waals surface area contributed by atoms with Gasteiger partial charge >= 0.3 is 6.09 Å². The van der Waals surface area contributed by atoms with Crippen LogP contribution < -0.4 is 11.1 Å². The molecular formula is C16H26N2O4. The lowest BCUT2D eigenvalue weighted by Crippen LogP contribution is -2.38. The van der Waals surface area contributed by atoms with E-state index in [-0.39, 0.29) is 6.54 Å². The summed E-state index contributed by atoms with van der Waals surface area (Å²) in [6, 6.07) is 7.21. The number of carbonyl (C=O) groups is 1. The smallest absolute Gasteiger partial charge is 0.407 e. The number of alkyl carbamates (subject to hydrolysis) is 1. The molecule has 1 rings (SSSR count). The van der Waals surface area contributed by atoms with E-state index < -0.39 is 23.9 Å². The highest BCUT2D eigenvalue weighted by Crippen LogP contribution is 2.17. The second kappa shape index (κ2) is 8.12. The number of benzene rings is 1. The third kappa shape index (κ3) is 6.43. The van der Waals surface area contributed by atoms with E-state index >= 15 is 0 Å². The maximum Gasteiger partial charge on any atom is 0.407 e. The average Bonchev–Trinajstić information content (AvgIpc) is 2.43. The molecular weight excluding hydrogens is 284 g/mol. The van der Waals surface area contributed by atoms with Crippen LogP contribution >= 0.6 is 0 Å². The zero-order chi connectivity index (χ0) is 16.8. The lowest BCUT2D eigenvalue weighted by atomic mass is 10.0. The first-order chi connectivity index (χ1) is 10.2. The Morgan fingerprint density at radius 2 is 1.86 bits per heavy atom. The highest BCUT2D eigenvalue weighted by Gasteiger charge is 2.21. The van der Waals surface area contributed by atoms with Gasteiger partial charge in [-0.1, -0.05) is 24.3 Å². The molecule has 2 atom stereocenters. The van der Waals surface area contributed by atoms with Gasteiger partial charge in [0.1, 0.15) is 17.8 Å². The van der Waals surface area contributed by atoms with Crippen molar-refractivity contribution in [3.63, 3.8) is 0 Å². The summed E-state index contributed by atoms with van der Waals surface area (Å²) in [6.07, 6.45) is -2.06. The molecule has 0 aliphatic carbocycles. The van der Waals surface area contributed by atoms with Crippen molar-refractivity contribution < 1.29 is 19.7 Å². The van der Waals surface area contributed by atoms with E-state index in [2.05, 4.69) is 5.32 Å². The van der Waals surface area contributed by atoms with Gasteiger partial charge in [-0.2, -0.15) is 0 Å². The van der Waals surface area contributed by atoms with Crippen molar-refractivity contribution in [2.24, 2.45) is 5.73 Å². The number of aliphatic hydroxyl groups excluding tert-OH is 2. The fraction of sp³-hybridized carbons (Fsp3) is 0.562. The molecule has 0 fully saturated rings. The zero-order valence-corrected chi connectivity index (χ0v) is 13.4. The molecule has 0 aliphatic rings. The Morgan fingerprint density at radius 3 is 2.36 bits per heavy atom. The number of hydrogen-bond acceptors (Lipinski definition) is 5. The predicted molar refractivity (Wildman–Crippen MR) is 84.4 cm³/mol. The summed E-state index contributed by atoms with van der Waals surface area (Å²) in [5.74, 6) is 0. The molecule has 6 heteroatoms. The molecule has 5 N–H and O–H groups in total. The van der Waals surface area contributed by atoms with Crippen molar-refractivity contribution in [3.8, 4) is 0 Å². The SMILES string of the molecule is CC(C)(C)OC(=O)NCC(O)C(O)c1ccc(CCN)cc1. The van der Waals surface area contributed by atoms with Crippen LogP contribution in [0.5, 0.6) is 0 Å². The number of rotatable bonds is 6. The number of nitrogens with two attached hydrogens (primary N) is 1. The first kappa shape index (κ1) is 18.4. The standard InChI is InChI=1S/C16H26N2O4/c1-16(2,3)22-15(21)18-10-13(19)14(20)12-6-4-11(5-7-12)8-9-17/h4-7,13-14,19-20H,8-10,17H2,1-3H3,(H,18,21). The third-order valence-corrected chi connectivity index (χ3v) is 2.97. The van der Waals surface area contributed by atoms with Crippen LogP contribution in [-0.4, -0.2) is 41.1 Å². The van der Waals surface area contributed by atoms with Crippen LogP contribution in [0.15, 0.2) is 24.3 Å². The Kier molecular flexibility index (Phi) is 6.80. The number of nitrogens with one attached hydrogen (secondary N) is 1. The lowest BCUT2D eigenvalue weighted by molar-refractivity contribution is 0.0129. The van der Waals surface area contributed by atoms with E-state index in [0.29, 0.717) is 12.1 Å². The highest BCUT2D eigenvalue weighted by atomic mass is 16.6. The molecule has 0 bridgehead atoms. The van der Waals surface area contributed by atoms with E-state index in [0.717, 1.165) is 12.0 Å². The van der Waals surface area contributed by atoms with Gasteiger partial charge in [0.15, 0.2) is 0 Å². The van der Waals surface area contributed by atoms with Gasteiger partial charge in [0.05, 0.1) is 0 Å². The molecule has 0 saturated heterocycles. The number of aliphatic hydroxyl groups is 2. The van der Waals surface area contributed by atoms with Gasteiger partial charge in [0.2, 0.25) is 0 Å². The number of amides is 1. The van der Waals surface area contributed by atoms with Crippen LogP contribution in [-0.2, 0) is 11.2 Å². The number of ether oxygens (including phenoxy) is 1. The Hall–Kier alpha value is -1.63. The molecule has 2 unspecified atom stereocenters. The van der Waals surface area contributed by atoms with Gasteiger partial charge in [-0.15, -0.1) is 0 Å². The quantitative estimate of drug-likeness (QED) is 0.630. The van der Waals surface area contributed by atoms with Gasteiger partial charge in [-0.05, 0) is 44.9 Å². The fourth-order valence-corrected chi connectivity index (χ4v) is 1.88. The Bertz CT molecular complexity index is 468. The normalized spacial score (nSPS) is 14.3. The van der Waals surface area contributed by atoms with Crippen LogP contribution in [0.2, 0.25) is 0 Å². The first-order valence-corrected chi connectivity index (χ1v) is 7.35. The molecule has 0 radical (unpaired) electrons. The zero-order valence-electron chi connectivity index (χ0n) is 13.4. The van der Waals surface area contributed by atoms with Gasteiger partial charge in [-0.25, -0.2) is 4.79 Å². The summed E-state index contributed by atoms with van der Waals surface area (Å²) in [5, 5.41) is 22.5. The second-order valence-electron chi connectivity index (χ2n) is 6.18. The molecule has 0 heterocycles. The number of hydrogen-bond donors (Lipinski definition) is 4. The van der Waals surface area contributed by atoms with Crippen molar-refractivity contribution >= 4 is 6.09 Å². The van der Waals surface area contributed by atoms with Gasteiger partial charge < -0.3 is 26.0 Å². The summed E-state index contributed by atoms with van der Waals surface area (Å²) in [6.45, 7) is 5.72. The molecule has 1 aromatic rings. The molecule has 1 aromatic carbocycles. The highest BCUT2D eigenvalue weighted by molar-refractivity contribution is 5.67. The van der Waals surface area contributed by atoms with Crippen LogP contribution in [0.3, 0.4) is 0 Å². The summed E-state index contributed by atoms with van der Waals surface area (Å²) >= 11 is 0. The van der Waals surface area contributed by atoms with Crippen LogP contribution in [0.4, 0.5) is 4.79 Å². The topological polar surface area (TPSA) is 105 Å². The lowest BCUT2D eigenvalue weighted by Gasteiger charge is -2.22. The van der Waals surface area contributed by atoms with E-state index in [1.807, 2.05) is 12.1 Å². The Balaban J connectivity index is 2.50. The molecule has 0 aromatic heterocycles. The van der Waals surface area contributed by atoms with E-state index in [9.17, 15) is 15.0 Å². The molecule has 124 valence electrons. The van der Waals surface area contributed by atoms with Crippen LogP contribution in [0.1, 0.15) is 38.0 Å². The van der Waals surface area contributed by atoms with Crippen molar-refractivity contribution in [1.82, 2.24) is 5.32 Å². The number of carbonyl (C=O) groups excluding carboxylic acids is 1. The Morgan fingerprint density at radius 1 is 1.27 bits per heavy atom. The maximum atomic E-state index is 11.5. The maximum absolute atomic E-state index is 11.5. The minimum atomic E-state index is -1.12. The van der Waals surface area contributed by atoms with Gasteiger partial charge in [0, 0.05) is 6.54 Å². The molecule has 1 amide bonds. The van der Waals surface area contributed by atoms with Crippen molar-refractivity contribution in [2.45, 2.75) is 45.0 Å². The minimum Gasteiger partial charge on any atom is -0.444 e. The second-order valence-corrected chi connectivity index (χ2v) is 6.18. The summed E-state index contributed by atoms with van der Waals surface area (Å²) < 4.78 is 5.06. The summed E-state index contributed by atoms with van der Waals surface area (Å²) in [7, 11) is 0. The van der Waals surface area contributed by atoms with E-state index in [1.165, 1.54) is 0 Å². The fourth-order valence-electron chi connectivity index (χ4n) is 1.88. The predicted octanol–water partition coefficient (Wildman–Crippen LogP) is 1.11. The summed E-state index contributed by atoms with van der Waals surface area (Å²) in [4.78, 5) is 11.5. The minimum absolute atomic E-state index is 0.0966. The van der Waals surface area contributed by atoms with E-state index in [1.54, 1.807) is 32.9 Å². The van der Waals surface area contributed by atoms with Gasteiger partial charge in [0.25, 0.3) is 0 Å². The Labute approximate surface area is 131 Å². The molecule has 6 nitrogen and oxygen atoms in total. The van der Waals surface area contributed by atoms with Crippen LogP contribution in [0.25, 0.3) is 0 Å². The van der Waals surface area contributed by atoms with E-state index in [4.69, 9.17) is 10.5 Å². The molecule has 0 saturated carbocycles. The average molecular weight is 310 g/mol. The van der Waals surface area contributed by atoms with Crippen molar-refractivity contribution in [3.05, 3.63) is 35.4 Å². The van der Waals surface area contributed by atoms with Crippen molar-refractivity contribution in [2.75, 3.05) is 13.1 Å². The van der Waals surface area contributed by atoms with Crippen molar-refractivity contribution in [1.29, 1.82) is 0 Å². The third-order valence-electron chi connectivity index (χ3n) is 2.97. The van der Waals surface area contributed by atoms with Crippen LogP contribution in [0, 0.1) is 0 Å². The molecule has 0 aliphatic heterocycles. The molecule has 22 heavy (non-hydrogen) atoms. The first-order valence-electron chi connectivity index (χ1n) is 7.35.